The molecule has 1 fully saturated rings. The zero-order chi connectivity index (χ0) is 23.5. The summed E-state index contributed by atoms with van der Waals surface area (Å²) in [6.45, 7) is 3.22. The monoisotopic (exact) mass is 454 g/mol. The molecule has 7 heteroatoms. The molecule has 2 aliphatic rings. The minimum atomic E-state index is -1.04. The minimum Gasteiger partial charge on any atom is -0.478 e. The lowest BCUT2D eigenvalue weighted by Gasteiger charge is -2.26. The van der Waals surface area contributed by atoms with E-state index in [1.807, 2.05) is 18.2 Å². The van der Waals surface area contributed by atoms with E-state index in [1.54, 1.807) is 24.5 Å². The smallest absolute Gasteiger partial charge is 0.335 e. The molecule has 0 aliphatic carbocycles. The quantitative estimate of drug-likeness (QED) is 0.468. The van der Waals surface area contributed by atoms with Gasteiger partial charge in [-0.15, -0.1) is 0 Å². The lowest BCUT2D eigenvalue weighted by Crippen LogP contribution is -2.29. The number of anilines is 2. The summed E-state index contributed by atoms with van der Waals surface area (Å²) in [4.78, 5) is 31.3. The van der Waals surface area contributed by atoms with Gasteiger partial charge in [0.05, 0.1) is 16.8 Å². The third-order valence-corrected chi connectivity index (χ3v) is 6.29. The summed E-state index contributed by atoms with van der Waals surface area (Å²) in [5, 5.41) is 15.7. The predicted octanol–water partition coefficient (Wildman–Crippen LogP) is 4.70. The summed E-state index contributed by atoms with van der Waals surface area (Å²) in [6, 6.07) is 16.6. The van der Waals surface area contributed by atoms with Crippen LogP contribution in [-0.2, 0) is 11.3 Å². The maximum absolute atomic E-state index is 13.0. The van der Waals surface area contributed by atoms with Crippen molar-refractivity contribution in [2.75, 3.05) is 23.7 Å². The highest BCUT2D eigenvalue weighted by molar-refractivity contribution is 6.37. The molecule has 0 saturated carbocycles. The molecule has 172 valence electrons. The third-order valence-electron chi connectivity index (χ3n) is 6.29. The number of piperidine rings is 1. The molecule has 1 aromatic heterocycles. The van der Waals surface area contributed by atoms with Crippen LogP contribution < -0.4 is 10.6 Å². The zero-order valence-corrected chi connectivity index (χ0v) is 18.8. The minimum absolute atomic E-state index is 0.125. The largest absolute Gasteiger partial charge is 0.478 e. The first-order valence-electron chi connectivity index (χ1n) is 11.5. The van der Waals surface area contributed by atoms with E-state index >= 15 is 0 Å². The number of likely N-dealkylation sites (tertiary alicyclic amines) is 1. The first-order valence-corrected chi connectivity index (χ1v) is 11.5. The number of hydrogen-bond acceptors (Lipinski definition) is 5. The zero-order valence-electron chi connectivity index (χ0n) is 18.8. The number of carboxylic acid groups (broad SMARTS) is 1. The first-order chi connectivity index (χ1) is 16.6. The van der Waals surface area contributed by atoms with Crippen molar-refractivity contribution in [3.05, 3.63) is 89.2 Å². The standard InChI is InChI=1S/C27H26N4O3/c32-26-24(22-15-19(27(33)34)8-11-23(22)30-26)25(20-5-4-12-28-16-20)29-21-9-6-18(7-10-21)17-31-13-2-1-3-14-31/h4-12,15-16,29H,1-3,13-14,17H2,(H,30,32)(H,33,34). The first kappa shape index (κ1) is 21.9. The normalized spacial score (nSPS) is 17.1. The number of pyridine rings is 1. The number of aromatic carboxylic acids is 1. The summed E-state index contributed by atoms with van der Waals surface area (Å²) in [5.74, 6) is -1.33. The molecule has 0 unspecified atom stereocenters. The second-order valence-corrected chi connectivity index (χ2v) is 8.67. The molecule has 7 nitrogen and oxygen atoms in total. The fraction of sp³-hybridized carbons (Fsp3) is 0.222. The van der Waals surface area contributed by atoms with Gasteiger partial charge in [0.15, 0.2) is 0 Å². The highest BCUT2D eigenvalue weighted by Gasteiger charge is 2.29. The van der Waals surface area contributed by atoms with E-state index in [0.717, 1.165) is 30.9 Å². The van der Waals surface area contributed by atoms with Crippen LogP contribution in [0.5, 0.6) is 0 Å². The molecule has 0 radical (unpaired) electrons. The van der Waals surface area contributed by atoms with E-state index in [1.165, 1.54) is 37.0 Å². The van der Waals surface area contributed by atoms with Crippen LogP contribution in [-0.4, -0.2) is 40.0 Å². The molecule has 1 amide bonds. The van der Waals surface area contributed by atoms with Gasteiger partial charge in [0.1, 0.15) is 0 Å². The number of carbonyl (C=O) groups excluding carboxylic acids is 1. The lowest BCUT2D eigenvalue weighted by atomic mass is 9.99. The Kier molecular flexibility index (Phi) is 6.10. The Morgan fingerprint density at radius 3 is 2.53 bits per heavy atom. The van der Waals surface area contributed by atoms with Crippen molar-refractivity contribution in [2.24, 2.45) is 0 Å². The van der Waals surface area contributed by atoms with Crippen molar-refractivity contribution in [3.63, 3.8) is 0 Å². The van der Waals surface area contributed by atoms with E-state index in [-0.39, 0.29) is 11.5 Å². The molecule has 0 bridgehead atoms. The van der Waals surface area contributed by atoms with Crippen LogP contribution >= 0.6 is 0 Å². The molecule has 3 N–H and O–H groups in total. The summed E-state index contributed by atoms with van der Waals surface area (Å²) in [7, 11) is 0. The topological polar surface area (TPSA) is 94.6 Å². The molecule has 2 aliphatic heterocycles. The second kappa shape index (κ2) is 9.49. The number of carboxylic acids is 1. The van der Waals surface area contributed by atoms with Crippen molar-refractivity contribution in [3.8, 4) is 0 Å². The van der Waals surface area contributed by atoms with Gasteiger partial charge in [0.25, 0.3) is 5.91 Å². The number of rotatable bonds is 6. The Morgan fingerprint density at radius 2 is 1.82 bits per heavy atom. The van der Waals surface area contributed by atoms with Gasteiger partial charge in [0, 0.05) is 41.4 Å². The SMILES string of the molecule is O=C1Nc2ccc(C(=O)O)cc2C1=C(Nc1ccc(CN2CCCCC2)cc1)c1cccnc1. The highest BCUT2D eigenvalue weighted by Crippen LogP contribution is 2.38. The number of aromatic nitrogens is 1. The van der Waals surface area contributed by atoms with Crippen LogP contribution in [0.25, 0.3) is 11.3 Å². The molecule has 2 aromatic carbocycles. The number of nitrogens with zero attached hydrogens (tertiary/aromatic N) is 2. The van der Waals surface area contributed by atoms with Crippen molar-refractivity contribution in [1.82, 2.24) is 9.88 Å². The third kappa shape index (κ3) is 4.56. The van der Waals surface area contributed by atoms with Gasteiger partial charge in [-0.25, -0.2) is 4.79 Å². The van der Waals surface area contributed by atoms with Crippen LogP contribution in [0, 0.1) is 0 Å². The molecule has 3 aromatic rings. The Balaban J connectivity index is 1.50. The number of carbonyl (C=O) groups is 2. The number of nitrogens with one attached hydrogen (secondary N) is 2. The van der Waals surface area contributed by atoms with Crippen LogP contribution in [0.4, 0.5) is 11.4 Å². The number of benzene rings is 2. The van der Waals surface area contributed by atoms with E-state index in [0.29, 0.717) is 22.5 Å². The Morgan fingerprint density at radius 1 is 1.03 bits per heavy atom. The Hall–Kier alpha value is -3.97. The van der Waals surface area contributed by atoms with Crippen LogP contribution in [0.1, 0.15) is 46.3 Å². The van der Waals surface area contributed by atoms with E-state index in [2.05, 4.69) is 32.7 Å². The molecular formula is C27H26N4O3. The maximum atomic E-state index is 13.0. The fourth-order valence-electron chi connectivity index (χ4n) is 4.55. The van der Waals surface area contributed by atoms with Crippen LogP contribution in [0.3, 0.4) is 0 Å². The molecule has 34 heavy (non-hydrogen) atoms. The lowest BCUT2D eigenvalue weighted by molar-refractivity contribution is -0.110. The van der Waals surface area contributed by atoms with Gasteiger partial charge < -0.3 is 15.7 Å². The molecule has 5 rings (SSSR count). The van der Waals surface area contributed by atoms with Gasteiger partial charge in [-0.05, 0) is 74.0 Å². The molecule has 0 spiro atoms. The number of fused-ring (bicyclic) bond motifs is 1. The summed E-state index contributed by atoms with van der Waals surface area (Å²) in [6.07, 6.45) is 7.19. The van der Waals surface area contributed by atoms with Gasteiger partial charge in [-0.3, -0.25) is 14.7 Å². The van der Waals surface area contributed by atoms with Gasteiger partial charge in [-0.2, -0.15) is 0 Å². The van der Waals surface area contributed by atoms with Gasteiger partial charge in [-0.1, -0.05) is 18.6 Å². The van der Waals surface area contributed by atoms with E-state index in [9.17, 15) is 14.7 Å². The van der Waals surface area contributed by atoms with Crippen molar-refractivity contribution < 1.29 is 14.7 Å². The summed E-state index contributed by atoms with van der Waals surface area (Å²) >= 11 is 0. The fourth-order valence-corrected chi connectivity index (χ4v) is 4.55. The average Bonchev–Trinajstić information content (AvgIpc) is 3.19. The van der Waals surface area contributed by atoms with Crippen molar-refractivity contribution in [1.29, 1.82) is 0 Å². The van der Waals surface area contributed by atoms with Crippen molar-refractivity contribution >= 4 is 34.5 Å². The number of hydrogen-bond donors (Lipinski definition) is 3. The predicted molar refractivity (Wildman–Crippen MR) is 132 cm³/mol. The molecule has 3 heterocycles. The summed E-state index contributed by atoms with van der Waals surface area (Å²) < 4.78 is 0. The van der Waals surface area contributed by atoms with E-state index < -0.39 is 5.97 Å². The van der Waals surface area contributed by atoms with Crippen LogP contribution in [0.15, 0.2) is 67.0 Å². The molecular weight excluding hydrogens is 428 g/mol. The molecule has 1 saturated heterocycles. The Labute approximate surface area is 198 Å². The average molecular weight is 455 g/mol. The number of amides is 1. The highest BCUT2D eigenvalue weighted by atomic mass is 16.4. The summed E-state index contributed by atoms with van der Waals surface area (Å²) in [5.41, 5.74) is 5.06. The van der Waals surface area contributed by atoms with Gasteiger partial charge >= 0.3 is 5.97 Å². The Bertz CT molecular complexity index is 1250. The van der Waals surface area contributed by atoms with E-state index in [4.69, 9.17) is 0 Å². The van der Waals surface area contributed by atoms with Gasteiger partial charge in [0.2, 0.25) is 0 Å². The second-order valence-electron chi connectivity index (χ2n) is 8.67. The van der Waals surface area contributed by atoms with Crippen LogP contribution in [0.2, 0.25) is 0 Å². The van der Waals surface area contributed by atoms with Crippen molar-refractivity contribution in [2.45, 2.75) is 25.8 Å². The maximum Gasteiger partial charge on any atom is 0.335 e. The molecule has 0 atom stereocenters.